The number of ether oxygens (including phenoxy) is 2. The Morgan fingerprint density at radius 3 is 2.64 bits per heavy atom. The maximum absolute atomic E-state index is 12.7. The molecule has 146 valence electrons. The molecule has 2 amide bonds. The number of benzene rings is 1. The van der Waals surface area contributed by atoms with Gasteiger partial charge in [0.15, 0.2) is 5.76 Å². The molecular formula is C20H21N3O5. The van der Waals surface area contributed by atoms with Gasteiger partial charge in [0.25, 0.3) is 5.91 Å². The monoisotopic (exact) mass is 383 g/mol. The van der Waals surface area contributed by atoms with Gasteiger partial charge in [0.05, 0.1) is 12.7 Å². The average molecular weight is 383 g/mol. The number of nitrogens with zero attached hydrogens (tertiary/aromatic N) is 3. The zero-order chi connectivity index (χ0) is 19.9. The molecule has 1 aliphatic heterocycles. The van der Waals surface area contributed by atoms with Crippen molar-refractivity contribution in [3.63, 3.8) is 0 Å². The number of carbonyl (C=O) groups is 2. The number of methoxy groups -OCH3 is 1. The molecule has 1 fully saturated rings. The molecule has 3 rings (SSSR count). The quantitative estimate of drug-likeness (QED) is 0.805. The number of carbonyl (C=O) groups excluding carboxylic acids is 2. The van der Waals surface area contributed by atoms with Gasteiger partial charge in [-0.15, -0.1) is 0 Å². The van der Waals surface area contributed by atoms with E-state index in [0.717, 1.165) is 0 Å². The molecule has 1 aromatic carbocycles. The number of hydrogen-bond donors (Lipinski definition) is 0. The Kier molecular flexibility index (Phi) is 6.17. The Labute approximate surface area is 162 Å². The molecule has 0 N–H and O–H groups in total. The molecule has 28 heavy (non-hydrogen) atoms. The molecule has 0 aliphatic carbocycles. The molecule has 2 heterocycles. The van der Waals surface area contributed by atoms with Gasteiger partial charge in [0.2, 0.25) is 0 Å². The van der Waals surface area contributed by atoms with Crippen LogP contribution in [0.5, 0.6) is 5.75 Å². The zero-order valence-corrected chi connectivity index (χ0v) is 15.6. The van der Waals surface area contributed by atoms with E-state index in [9.17, 15) is 9.59 Å². The molecule has 1 aromatic heterocycles. The van der Waals surface area contributed by atoms with E-state index in [-0.39, 0.29) is 24.4 Å². The van der Waals surface area contributed by atoms with Crippen molar-refractivity contribution in [2.45, 2.75) is 13.0 Å². The van der Waals surface area contributed by atoms with Crippen molar-refractivity contribution < 1.29 is 23.5 Å². The Balaban J connectivity index is 1.59. The van der Waals surface area contributed by atoms with Crippen molar-refractivity contribution in [2.24, 2.45) is 0 Å². The van der Waals surface area contributed by atoms with Crippen LogP contribution in [0.1, 0.15) is 28.3 Å². The SMILES string of the molecule is COC(=O)N1CCCN(C(=O)c2ccc(COc3ccccc3C#N)o2)CC1. The van der Waals surface area contributed by atoms with Crippen LogP contribution in [0, 0.1) is 11.3 Å². The third-order valence-electron chi connectivity index (χ3n) is 4.47. The number of furan rings is 1. The fraction of sp³-hybridized carbons (Fsp3) is 0.350. The lowest BCUT2D eigenvalue weighted by Crippen LogP contribution is -2.37. The van der Waals surface area contributed by atoms with E-state index >= 15 is 0 Å². The molecule has 8 heteroatoms. The number of nitriles is 1. The number of rotatable bonds is 4. The van der Waals surface area contributed by atoms with Crippen molar-refractivity contribution in [2.75, 3.05) is 33.3 Å². The molecule has 0 bridgehead atoms. The molecule has 0 radical (unpaired) electrons. The fourth-order valence-corrected chi connectivity index (χ4v) is 2.99. The van der Waals surface area contributed by atoms with E-state index in [1.807, 2.05) is 0 Å². The first-order valence-electron chi connectivity index (χ1n) is 8.95. The maximum atomic E-state index is 12.7. The summed E-state index contributed by atoms with van der Waals surface area (Å²) in [5.41, 5.74) is 0.435. The molecule has 1 aliphatic rings. The highest BCUT2D eigenvalue weighted by Gasteiger charge is 2.25. The van der Waals surface area contributed by atoms with Gasteiger partial charge >= 0.3 is 6.09 Å². The lowest BCUT2D eigenvalue weighted by Gasteiger charge is -2.20. The van der Waals surface area contributed by atoms with Gasteiger partial charge in [0.1, 0.15) is 24.2 Å². The molecular weight excluding hydrogens is 362 g/mol. The smallest absolute Gasteiger partial charge is 0.409 e. The number of hydrogen-bond acceptors (Lipinski definition) is 6. The highest BCUT2D eigenvalue weighted by Crippen LogP contribution is 2.19. The number of para-hydroxylation sites is 1. The van der Waals surface area contributed by atoms with Gasteiger partial charge in [-0.3, -0.25) is 4.79 Å². The largest absolute Gasteiger partial charge is 0.484 e. The van der Waals surface area contributed by atoms with Gasteiger partial charge in [-0.05, 0) is 30.7 Å². The Morgan fingerprint density at radius 2 is 1.86 bits per heavy atom. The van der Waals surface area contributed by atoms with E-state index < -0.39 is 0 Å². The van der Waals surface area contributed by atoms with E-state index in [0.29, 0.717) is 49.7 Å². The lowest BCUT2D eigenvalue weighted by molar-refractivity contribution is 0.0721. The summed E-state index contributed by atoms with van der Waals surface area (Å²) in [6.07, 6.45) is 0.284. The topological polar surface area (TPSA) is 96.0 Å². The van der Waals surface area contributed by atoms with E-state index in [4.69, 9.17) is 19.2 Å². The summed E-state index contributed by atoms with van der Waals surface area (Å²) < 4.78 is 16.0. The zero-order valence-electron chi connectivity index (χ0n) is 15.6. The maximum Gasteiger partial charge on any atom is 0.409 e. The molecule has 8 nitrogen and oxygen atoms in total. The summed E-state index contributed by atoms with van der Waals surface area (Å²) in [5.74, 6) is 0.945. The average Bonchev–Trinajstić information content (AvgIpc) is 3.07. The van der Waals surface area contributed by atoms with E-state index in [1.54, 1.807) is 46.2 Å². The molecule has 0 unspecified atom stereocenters. The molecule has 0 spiro atoms. The van der Waals surface area contributed by atoms with Crippen LogP contribution in [0.2, 0.25) is 0 Å². The summed E-state index contributed by atoms with van der Waals surface area (Å²) in [6, 6.07) is 12.3. The minimum atomic E-state index is -0.385. The van der Waals surface area contributed by atoms with Gasteiger partial charge in [0, 0.05) is 26.2 Å². The van der Waals surface area contributed by atoms with Crippen LogP contribution in [0.3, 0.4) is 0 Å². The van der Waals surface area contributed by atoms with Crippen LogP contribution >= 0.6 is 0 Å². The summed E-state index contributed by atoms with van der Waals surface area (Å²) in [6.45, 7) is 2.03. The minimum absolute atomic E-state index is 0.113. The van der Waals surface area contributed by atoms with Gasteiger partial charge in [-0.1, -0.05) is 12.1 Å². The van der Waals surface area contributed by atoms with Crippen molar-refractivity contribution in [1.29, 1.82) is 5.26 Å². The van der Waals surface area contributed by atoms with Crippen molar-refractivity contribution in [1.82, 2.24) is 9.80 Å². The molecule has 0 saturated carbocycles. The third-order valence-corrected chi connectivity index (χ3v) is 4.47. The van der Waals surface area contributed by atoms with Crippen molar-refractivity contribution in [3.05, 3.63) is 53.5 Å². The van der Waals surface area contributed by atoms with Crippen molar-refractivity contribution >= 4 is 12.0 Å². The second-order valence-corrected chi connectivity index (χ2v) is 6.27. The second-order valence-electron chi connectivity index (χ2n) is 6.27. The second kappa shape index (κ2) is 8.95. The standard InChI is InChI=1S/C20H21N3O5/c1-26-20(25)23-10-4-9-22(11-12-23)19(24)18-8-7-16(28-18)14-27-17-6-3-2-5-15(17)13-21/h2-3,5-8H,4,9-12,14H2,1H3. The first-order chi connectivity index (χ1) is 13.6. The van der Waals surface area contributed by atoms with E-state index in [1.165, 1.54) is 7.11 Å². The predicted molar refractivity (Wildman–Crippen MR) is 98.7 cm³/mol. The van der Waals surface area contributed by atoms with Gasteiger partial charge in [-0.25, -0.2) is 4.79 Å². The Hall–Kier alpha value is -3.47. The van der Waals surface area contributed by atoms with Crippen molar-refractivity contribution in [3.8, 4) is 11.8 Å². The van der Waals surface area contributed by atoms with Crippen LogP contribution in [0.15, 0.2) is 40.8 Å². The molecule has 2 aromatic rings. The molecule has 1 saturated heterocycles. The Morgan fingerprint density at radius 1 is 1.11 bits per heavy atom. The van der Waals surface area contributed by atoms with Gasteiger partial charge in [-0.2, -0.15) is 5.26 Å². The van der Waals surface area contributed by atoms with Crippen LogP contribution in [0.4, 0.5) is 4.79 Å². The Bertz CT molecular complexity index is 886. The summed E-state index contributed by atoms with van der Waals surface area (Å²) in [4.78, 5) is 27.6. The normalized spacial score (nSPS) is 14.1. The van der Waals surface area contributed by atoms with Crippen LogP contribution < -0.4 is 4.74 Å². The summed E-state index contributed by atoms with van der Waals surface area (Å²) in [5, 5.41) is 9.09. The van der Waals surface area contributed by atoms with Crippen LogP contribution in [-0.2, 0) is 11.3 Å². The fourth-order valence-electron chi connectivity index (χ4n) is 2.99. The first kappa shape index (κ1) is 19.3. The lowest BCUT2D eigenvalue weighted by atomic mass is 10.2. The summed E-state index contributed by atoms with van der Waals surface area (Å²) in [7, 11) is 1.34. The third kappa shape index (κ3) is 4.43. The molecule has 0 atom stereocenters. The highest BCUT2D eigenvalue weighted by atomic mass is 16.5. The van der Waals surface area contributed by atoms with Crippen LogP contribution in [-0.4, -0.2) is 55.1 Å². The predicted octanol–water partition coefficient (Wildman–Crippen LogP) is 2.64. The van der Waals surface area contributed by atoms with E-state index in [2.05, 4.69) is 6.07 Å². The highest BCUT2D eigenvalue weighted by molar-refractivity contribution is 5.91. The van der Waals surface area contributed by atoms with Gasteiger partial charge < -0.3 is 23.7 Å². The number of amides is 2. The minimum Gasteiger partial charge on any atom is -0.484 e. The van der Waals surface area contributed by atoms with Crippen LogP contribution in [0.25, 0.3) is 0 Å². The first-order valence-corrected chi connectivity index (χ1v) is 8.95. The summed E-state index contributed by atoms with van der Waals surface area (Å²) >= 11 is 0.